The minimum atomic E-state index is 0.731. The minimum absolute atomic E-state index is 0.731. The van der Waals surface area contributed by atoms with Crippen LogP contribution in [-0.2, 0) is 0 Å². The third-order valence-electron chi connectivity index (χ3n) is 10.3. The van der Waals surface area contributed by atoms with Gasteiger partial charge in [-0.25, -0.2) is 0 Å². The SMILES string of the molecule is C=CC1=C(C)C=CC(CCC2CCC(CC(=C)CCCCC(=CC)CC(C)C(C)CCCCCCC)CC2)C1. The first-order valence-electron chi connectivity index (χ1n) is 17.2. The highest BCUT2D eigenvalue weighted by molar-refractivity contribution is 5.34. The molecule has 0 aromatic heterocycles. The van der Waals surface area contributed by atoms with E-state index in [4.69, 9.17) is 0 Å². The Morgan fingerprint density at radius 2 is 1.62 bits per heavy atom. The molecule has 0 nitrogen and oxygen atoms in total. The Balaban J connectivity index is 1.54. The Hall–Kier alpha value is -1.30. The Labute approximate surface area is 245 Å². The van der Waals surface area contributed by atoms with Crippen molar-refractivity contribution in [1.29, 1.82) is 0 Å². The Kier molecular flexibility index (Phi) is 17.1. The van der Waals surface area contributed by atoms with Gasteiger partial charge in [0.25, 0.3) is 0 Å². The highest BCUT2D eigenvalue weighted by Crippen LogP contribution is 2.37. The van der Waals surface area contributed by atoms with Crippen molar-refractivity contribution < 1.29 is 0 Å². The summed E-state index contributed by atoms with van der Waals surface area (Å²) in [6, 6.07) is 0. The van der Waals surface area contributed by atoms with E-state index in [1.807, 2.05) is 0 Å². The molecule has 2 aliphatic carbocycles. The molecule has 0 aromatic rings. The Bertz CT molecular complexity index is 781. The maximum Gasteiger partial charge on any atom is -0.0190 e. The molecule has 0 heteroatoms. The molecule has 0 bridgehead atoms. The summed E-state index contributed by atoms with van der Waals surface area (Å²) >= 11 is 0. The first kappa shape index (κ1) is 33.9. The fourth-order valence-corrected chi connectivity index (χ4v) is 7.09. The molecule has 0 radical (unpaired) electrons. The second kappa shape index (κ2) is 19.7. The highest BCUT2D eigenvalue weighted by atomic mass is 14.3. The van der Waals surface area contributed by atoms with Gasteiger partial charge in [-0.15, -0.1) is 0 Å². The van der Waals surface area contributed by atoms with Crippen LogP contribution in [0.2, 0.25) is 0 Å². The van der Waals surface area contributed by atoms with Crippen LogP contribution in [-0.4, -0.2) is 0 Å². The van der Waals surface area contributed by atoms with Crippen molar-refractivity contribution in [2.45, 2.75) is 157 Å². The maximum atomic E-state index is 4.51. The van der Waals surface area contributed by atoms with Crippen molar-refractivity contribution in [2.75, 3.05) is 0 Å². The molecule has 1 saturated carbocycles. The van der Waals surface area contributed by atoms with Gasteiger partial charge in [0, 0.05) is 0 Å². The van der Waals surface area contributed by atoms with Gasteiger partial charge in [0.1, 0.15) is 0 Å². The van der Waals surface area contributed by atoms with Crippen molar-refractivity contribution in [2.24, 2.45) is 29.6 Å². The van der Waals surface area contributed by atoms with Crippen molar-refractivity contribution >= 4 is 0 Å². The lowest BCUT2D eigenvalue weighted by molar-refractivity contribution is 0.251. The maximum absolute atomic E-state index is 4.51. The van der Waals surface area contributed by atoms with E-state index in [0.29, 0.717) is 0 Å². The lowest BCUT2D eigenvalue weighted by Crippen LogP contribution is -2.16. The molecule has 0 saturated heterocycles. The van der Waals surface area contributed by atoms with E-state index in [1.165, 1.54) is 139 Å². The first-order valence-corrected chi connectivity index (χ1v) is 17.2. The molecular weight excluding hydrogens is 468 g/mol. The minimum Gasteiger partial charge on any atom is -0.0999 e. The molecule has 39 heavy (non-hydrogen) atoms. The van der Waals surface area contributed by atoms with Gasteiger partial charge >= 0.3 is 0 Å². The molecule has 0 spiro atoms. The van der Waals surface area contributed by atoms with Crippen LogP contribution in [0.4, 0.5) is 0 Å². The summed E-state index contributed by atoms with van der Waals surface area (Å²) in [4.78, 5) is 0. The zero-order chi connectivity index (χ0) is 28.5. The van der Waals surface area contributed by atoms with Gasteiger partial charge in [0.05, 0.1) is 0 Å². The van der Waals surface area contributed by atoms with Crippen LogP contribution in [0.5, 0.6) is 0 Å². The van der Waals surface area contributed by atoms with Gasteiger partial charge in [-0.05, 0) is 125 Å². The zero-order valence-corrected chi connectivity index (χ0v) is 27.0. The predicted octanol–water partition coefficient (Wildman–Crippen LogP) is 13.1. The average Bonchev–Trinajstić information content (AvgIpc) is 2.94. The van der Waals surface area contributed by atoms with Gasteiger partial charge in [-0.1, -0.05) is 121 Å². The van der Waals surface area contributed by atoms with E-state index in [2.05, 4.69) is 72.1 Å². The number of rotatable bonds is 20. The summed E-state index contributed by atoms with van der Waals surface area (Å²) in [5.74, 6) is 4.25. The van der Waals surface area contributed by atoms with E-state index in [1.54, 1.807) is 5.57 Å². The van der Waals surface area contributed by atoms with Crippen LogP contribution in [0.25, 0.3) is 0 Å². The van der Waals surface area contributed by atoms with E-state index in [-0.39, 0.29) is 0 Å². The van der Waals surface area contributed by atoms with Crippen molar-refractivity contribution in [3.63, 3.8) is 0 Å². The fourth-order valence-electron chi connectivity index (χ4n) is 7.09. The quantitative estimate of drug-likeness (QED) is 0.108. The summed E-state index contributed by atoms with van der Waals surface area (Å²) in [7, 11) is 0. The molecule has 0 N–H and O–H groups in total. The van der Waals surface area contributed by atoms with Crippen molar-refractivity contribution in [1.82, 2.24) is 0 Å². The third-order valence-corrected chi connectivity index (χ3v) is 10.3. The number of hydrogen-bond acceptors (Lipinski definition) is 0. The second-order valence-corrected chi connectivity index (χ2v) is 13.7. The third kappa shape index (κ3) is 13.7. The highest BCUT2D eigenvalue weighted by Gasteiger charge is 2.23. The van der Waals surface area contributed by atoms with E-state index >= 15 is 0 Å². The van der Waals surface area contributed by atoms with Gasteiger partial charge < -0.3 is 0 Å². The molecule has 0 aliphatic heterocycles. The number of hydrogen-bond donors (Lipinski definition) is 0. The summed E-state index contributed by atoms with van der Waals surface area (Å²) in [5.41, 5.74) is 6.09. The Morgan fingerprint density at radius 1 is 0.923 bits per heavy atom. The molecule has 0 aromatic carbocycles. The number of unbranched alkanes of at least 4 members (excludes halogenated alkanes) is 5. The number of allylic oxidation sites excluding steroid dienone is 8. The molecule has 2 rings (SSSR count). The van der Waals surface area contributed by atoms with Crippen LogP contribution in [0.1, 0.15) is 157 Å². The molecular formula is C39H66. The molecule has 2 aliphatic rings. The largest absolute Gasteiger partial charge is 0.0999 e. The predicted molar refractivity (Wildman–Crippen MR) is 177 cm³/mol. The standard InChI is InChI=1S/C39H66/c1-8-11-12-13-14-18-32(5)34(7)29-35(9-2)19-16-15-17-31(4)28-37-25-22-36(23-26-37)24-27-38-21-20-33(6)39(10-3)30-38/h9-10,20-21,32,34,36-38H,3-4,8,11-19,22-30H2,1-2,5-7H3. The van der Waals surface area contributed by atoms with Crippen LogP contribution in [0.3, 0.4) is 0 Å². The van der Waals surface area contributed by atoms with Crippen LogP contribution in [0.15, 0.2) is 59.8 Å². The molecule has 222 valence electrons. The van der Waals surface area contributed by atoms with Crippen molar-refractivity contribution in [3.8, 4) is 0 Å². The van der Waals surface area contributed by atoms with Gasteiger partial charge in [0.15, 0.2) is 0 Å². The monoisotopic (exact) mass is 535 g/mol. The van der Waals surface area contributed by atoms with Gasteiger partial charge in [-0.3, -0.25) is 0 Å². The van der Waals surface area contributed by atoms with E-state index in [9.17, 15) is 0 Å². The van der Waals surface area contributed by atoms with Gasteiger partial charge in [0.2, 0.25) is 0 Å². The summed E-state index contributed by atoms with van der Waals surface area (Å²) in [6.07, 6.45) is 35.2. The summed E-state index contributed by atoms with van der Waals surface area (Å²) < 4.78 is 0. The smallest absolute Gasteiger partial charge is 0.0190 e. The molecule has 3 atom stereocenters. The topological polar surface area (TPSA) is 0 Å². The second-order valence-electron chi connectivity index (χ2n) is 13.7. The van der Waals surface area contributed by atoms with E-state index in [0.717, 1.165) is 29.6 Å². The molecule has 1 fully saturated rings. The fraction of sp³-hybridized carbons (Fsp3) is 0.744. The van der Waals surface area contributed by atoms with Crippen LogP contribution < -0.4 is 0 Å². The summed E-state index contributed by atoms with van der Waals surface area (Å²) in [6.45, 7) is 20.3. The molecule has 0 amide bonds. The summed E-state index contributed by atoms with van der Waals surface area (Å²) in [5, 5.41) is 0. The van der Waals surface area contributed by atoms with Crippen molar-refractivity contribution in [3.05, 3.63) is 59.8 Å². The Morgan fingerprint density at radius 3 is 2.31 bits per heavy atom. The van der Waals surface area contributed by atoms with Crippen LogP contribution >= 0.6 is 0 Å². The van der Waals surface area contributed by atoms with E-state index < -0.39 is 0 Å². The lowest BCUT2D eigenvalue weighted by Gasteiger charge is -2.30. The lowest BCUT2D eigenvalue weighted by atomic mass is 9.76. The van der Waals surface area contributed by atoms with Gasteiger partial charge in [-0.2, -0.15) is 0 Å². The normalized spacial score (nSPS) is 23.6. The van der Waals surface area contributed by atoms with Crippen LogP contribution in [0, 0.1) is 29.6 Å². The molecule has 0 heterocycles. The zero-order valence-electron chi connectivity index (χ0n) is 27.0. The first-order chi connectivity index (χ1) is 18.9. The average molecular weight is 535 g/mol. The molecule has 3 unspecified atom stereocenters.